The first kappa shape index (κ1) is 15.3. The first-order chi connectivity index (χ1) is 8.28. The van der Waals surface area contributed by atoms with E-state index in [1.54, 1.807) is 0 Å². The zero-order chi connectivity index (χ0) is 13.8. The summed E-state index contributed by atoms with van der Waals surface area (Å²) in [4.78, 5) is 11.7. The number of rotatable bonds is 4. The van der Waals surface area contributed by atoms with E-state index < -0.39 is 25.2 Å². The molecule has 0 amide bonds. The van der Waals surface area contributed by atoms with E-state index >= 15 is 0 Å². The molecule has 2 atom stereocenters. The van der Waals surface area contributed by atoms with Crippen LogP contribution in [0.5, 0.6) is 0 Å². The lowest BCUT2D eigenvalue weighted by Gasteiger charge is -2.30. The van der Waals surface area contributed by atoms with Crippen molar-refractivity contribution in [2.24, 2.45) is 5.92 Å². The van der Waals surface area contributed by atoms with Gasteiger partial charge in [0.1, 0.15) is 0 Å². The van der Waals surface area contributed by atoms with Gasteiger partial charge in [-0.2, -0.15) is 13.2 Å². The second-order valence-corrected chi connectivity index (χ2v) is 5.18. The van der Waals surface area contributed by atoms with Crippen LogP contribution in [0.2, 0.25) is 0 Å². The average Bonchev–Trinajstić information content (AvgIpc) is 2.39. The van der Waals surface area contributed by atoms with Crippen LogP contribution in [0.1, 0.15) is 39.0 Å². The van der Waals surface area contributed by atoms with Gasteiger partial charge in [0.2, 0.25) is 0 Å². The van der Waals surface area contributed by atoms with Gasteiger partial charge in [0.05, 0.1) is 13.1 Å². The molecular weight excluding hydrogens is 247 g/mol. The summed E-state index contributed by atoms with van der Waals surface area (Å²) < 4.78 is 37.4. The van der Waals surface area contributed by atoms with E-state index in [0.29, 0.717) is 18.8 Å². The number of carboxylic acids is 1. The lowest BCUT2D eigenvalue weighted by atomic mass is 10.0. The van der Waals surface area contributed by atoms with Crippen molar-refractivity contribution in [2.45, 2.75) is 51.2 Å². The number of hydrogen-bond donors (Lipinski definition) is 1. The summed E-state index contributed by atoms with van der Waals surface area (Å²) in [6, 6.07) is -0.257. The molecule has 0 aromatic rings. The van der Waals surface area contributed by atoms with Gasteiger partial charge in [-0.15, -0.1) is 0 Å². The molecule has 1 fully saturated rings. The summed E-state index contributed by atoms with van der Waals surface area (Å²) in [7, 11) is 0. The van der Waals surface area contributed by atoms with Crippen LogP contribution in [0.4, 0.5) is 13.2 Å². The van der Waals surface area contributed by atoms with Crippen molar-refractivity contribution >= 4 is 5.97 Å². The first-order valence-corrected chi connectivity index (χ1v) is 6.30. The van der Waals surface area contributed by atoms with Crippen molar-refractivity contribution in [3.8, 4) is 0 Å². The minimum Gasteiger partial charge on any atom is -0.480 e. The lowest BCUT2D eigenvalue weighted by Crippen LogP contribution is -2.44. The standard InChI is InChI=1S/C12H20F3NO2/c1-9-3-2-4-10(6-5-9)16(7-11(17)18)8-12(13,14)15/h9-10H,2-8H2,1H3,(H,17,18). The van der Waals surface area contributed by atoms with Crippen molar-refractivity contribution in [3.63, 3.8) is 0 Å². The van der Waals surface area contributed by atoms with Crippen LogP contribution < -0.4 is 0 Å². The molecule has 1 aliphatic carbocycles. The summed E-state index contributed by atoms with van der Waals surface area (Å²) >= 11 is 0. The maximum Gasteiger partial charge on any atom is 0.401 e. The molecular formula is C12H20F3NO2. The maximum atomic E-state index is 12.5. The molecule has 6 heteroatoms. The molecule has 2 unspecified atom stereocenters. The van der Waals surface area contributed by atoms with E-state index in [-0.39, 0.29) is 6.04 Å². The Morgan fingerprint density at radius 2 is 1.94 bits per heavy atom. The van der Waals surface area contributed by atoms with Crippen LogP contribution in [0.25, 0.3) is 0 Å². The maximum absolute atomic E-state index is 12.5. The lowest BCUT2D eigenvalue weighted by molar-refractivity contribution is -0.158. The monoisotopic (exact) mass is 267 g/mol. The second-order valence-electron chi connectivity index (χ2n) is 5.18. The molecule has 1 N–H and O–H groups in total. The number of alkyl halides is 3. The Labute approximate surface area is 105 Å². The number of carboxylic acid groups (broad SMARTS) is 1. The molecule has 18 heavy (non-hydrogen) atoms. The Morgan fingerprint density at radius 1 is 1.28 bits per heavy atom. The molecule has 1 aliphatic rings. The molecule has 0 bridgehead atoms. The predicted molar refractivity (Wildman–Crippen MR) is 61.3 cm³/mol. The van der Waals surface area contributed by atoms with Crippen molar-refractivity contribution in [1.82, 2.24) is 4.90 Å². The highest BCUT2D eigenvalue weighted by Gasteiger charge is 2.35. The molecule has 0 radical (unpaired) electrons. The van der Waals surface area contributed by atoms with E-state index in [2.05, 4.69) is 6.92 Å². The highest BCUT2D eigenvalue weighted by molar-refractivity contribution is 5.69. The summed E-state index contributed by atoms with van der Waals surface area (Å²) in [5.41, 5.74) is 0. The van der Waals surface area contributed by atoms with Crippen molar-refractivity contribution in [1.29, 1.82) is 0 Å². The summed E-state index contributed by atoms with van der Waals surface area (Å²) in [5, 5.41) is 8.72. The van der Waals surface area contributed by atoms with Gasteiger partial charge in [-0.05, 0) is 25.2 Å². The SMILES string of the molecule is CC1CCCC(N(CC(=O)O)CC(F)(F)F)CC1. The van der Waals surface area contributed by atoms with Gasteiger partial charge in [0.15, 0.2) is 0 Å². The molecule has 1 saturated carbocycles. The molecule has 0 heterocycles. The van der Waals surface area contributed by atoms with Gasteiger partial charge in [0.25, 0.3) is 0 Å². The van der Waals surface area contributed by atoms with E-state index in [1.807, 2.05) is 0 Å². The fraction of sp³-hybridized carbons (Fsp3) is 0.917. The number of halogens is 3. The van der Waals surface area contributed by atoms with Gasteiger partial charge < -0.3 is 5.11 Å². The van der Waals surface area contributed by atoms with Gasteiger partial charge in [0, 0.05) is 6.04 Å². The molecule has 0 spiro atoms. The van der Waals surface area contributed by atoms with Gasteiger partial charge in [-0.3, -0.25) is 9.69 Å². The Morgan fingerprint density at radius 3 is 2.50 bits per heavy atom. The molecule has 3 nitrogen and oxygen atoms in total. The third-order valence-electron chi connectivity index (χ3n) is 3.46. The highest BCUT2D eigenvalue weighted by atomic mass is 19.4. The van der Waals surface area contributed by atoms with Crippen molar-refractivity contribution in [2.75, 3.05) is 13.1 Å². The number of aliphatic carboxylic acids is 1. The number of nitrogens with zero attached hydrogens (tertiary/aromatic N) is 1. The third kappa shape index (κ3) is 5.71. The fourth-order valence-electron chi connectivity index (χ4n) is 2.55. The van der Waals surface area contributed by atoms with Crippen LogP contribution in [0.15, 0.2) is 0 Å². The zero-order valence-corrected chi connectivity index (χ0v) is 10.5. The predicted octanol–water partition coefficient (Wildman–Crippen LogP) is 2.90. The van der Waals surface area contributed by atoms with E-state index in [1.165, 1.54) is 0 Å². The van der Waals surface area contributed by atoms with Crippen LogP contribution in [0.3, 0.4) is 0 Å². The normalized spacial score (nSPS) is 26.1. The van der Waals surface area contributed by atoms with Gasteiger partial charge in [-0.25, -0.2) is 0 Å². The molecule has 0 aromatic carbocycles. The largest absolute Gasteiger partial charge is 0.480 e. The Hall–Kier alpha value is -0.780. The Bertz CT molecular complexity index is 281. The summed E-state index contributed by atoms with van der Waals surface area (Å²) in [6.07, 6.45) is -0.256. The van der Waals surface area contributed by atoms with Crippen molar-refractivity contribution in [3.05, 3.63) is 0 Å². The Balaban J connectivity index is 2.65. The molecule has 106 valence electrons. The number of carbonyl (C=O) groups is 1. The highest BCUT2D eigenvalue weighted by Crippen LogP contribution is 2.28. The minimum atomic E-state index is -4.34. The molecule has 0 saturated heterocycles. The van der Waals surface area contributed by atoms with E-state index in [4.69, 9.17) is 5.11 Å². The van der Waals surface area contributed by atoms with Crippen LogP contribution in [0, 0.1) is 5.92 Å². The molecule has 0 aromatic heterocycles. The number of hydrogen-bond acceptors (Lipinski definition) is 2. The van der Waals surface area contributed by atoms with Crippen LogP contribution in [-0.2, 0) is 4.79 Å². The fourth-order valence-corrected chi connectivity index (χ4v) is 2.55. The van der Waals surface area contributed by atoms with Crippen molar-refractivity contribution < 1.29 is 23.1 Å². The quantitative estimate of drug-likeness (QED) is 0.796. The molecule has 0 aliphatic heterocycles. The smallest absolute Gasteiger partial charge is 0.401 e. The van der Waals surface area contributed by atoms with E-state index in [9.17, 15) is 18.0 Å². The molecule has 1 rings (SSSR count). The van der Waals surface area contributed by atoms with Gasteiger partial charge in [-0.1, -0.05) is 19.8 Å². The van der Waals surface area contributed by atoms with Gasteiger partial charge >= 0.3 is 12.1 Å². The van der Waals surface area contributed by atoms with Crippen LogP contribution in [-0.4, -0.2) is 41.3 Å². The van der Waals surface area contributed by atoms with E-state index in [0.717, 1.165) is 24.2 Å². The summed E-state index contributed by atoms with van der Waals surface area (Å²) in [5.74, 6) is -0.677. The first-order valence-electron chi connectivity index (χ1n) is 6.30. The average molecular weight is 267 g/mol. The Kier molecular flexibility index (Phi) is 5.44. The zero-order valence-electron chi connectivity index (χ0n) is 10.5. The topological polar surface area (TPSA) is 40.5 Å². The van der Waals surface area contributed by atoms with Crippen LogP contribution >= 0.6 is 0 Å². The third-order valence-corrected chi connectivity index (χ3v) is 3.46. The minimum absolute atomic E-state index is 0.257. The second kappa shape index (κ2) is 6.41. The summed E-state index contributed by atoms with van der Waals surface area (Å²) in [6.45, 7) is 0.435.